The van der Waals surface area contributed by atoms with Gasteiger partial charge in [0.25, 0.3) is 0 Å². The summed E-state index contributed by atoms with van der Waals surface area (Å²) in [5, 5.41) is 0. The van der Waals surface area contributed by atoms with Crippen molar-refractivity contribution < 1.29 is 4.79 Å². The van der Waals surface area contributed by atoms with Gasteiger partial charge in [0.2, 0.25) is 0 Å². The molecular weight excluding hydrogens is 224 g/mol. The van der Waals surface area contributed by atoms with E-state index in [9.17, 15) is 4.79 Å². The summed E-state index contributed by atoms with van der Waals surface area (Å²) in [4.78, 5) is 16.8. The highest BCUT2D eigenvalue weighted by molar-refractivity contribution is 6.03. The van der Waals surface area contributed by atoms with E-state index in [0.717, 1.165) is 30.9 Å². The topological polar surface area (TPSA) is 23.6 Å². The third kappa shape index (κ3) is 2.27. The largest absolute Gasteiger partial charge is 0.369 e. The van der Waals surface area contributed by atoms with Crippen molar-refractivity contribution >= 4 is 11.5 Å². The van der Waals surface area contributed by atoms with E-state index >= 15 is 0 Å². The number of likely N-dealkylation sites (tertiary alicyclic amines) is 1. The Labute approximate surface area is 108 Å². The lowest BCUT2D eigenvalue weighted by molar-refractivity contribution is 0.0979. The van der Waals surface area contributed by atoms with Crippen LogP contribution >= 0.6 is 0 Å². The minimum atomic E-state index is 0.294. The summed E-state index contributed by atoms with van der Waals surface area (Å²) in [6, 6.07) is 8.02. The van der Waals surface area contributed by atoms with Gasteiger partial charge in [-0.1, -0.05) is 12.1 Å². The van der Waals surface area contributed by atoms with Gasteiger partial charge in [-0.25, -0.2) is 0 Å². The number of hydrogen-bond donors (Lipinski definition) is 0. The zero-order valence-corrected chi connectivity index (χ0v) is 10.8. The van der Waals surface area contributed by atoms with Crippen molar-refractivity contribution in [2.45, 2.75) is 19.3 Å². The standard InChI is InChI=1S/C15H20N2O/c18-15-7-10-17(12-11-16-8-3-4-9-16)14-6-2-1-5-13(14)15/h1-2,5-6H,3-4,7-12H2. The van der Waals surface area contributed by atoms with E-state index in [1.165, 1.54) is 25.9 Å². The molecule has 0 amide bonds. The molecule has 0 saturated carbocycles. The smallest absolute Gasteiger partial charge is 0.166 e. The molecule has 2 heterocycles. The van der Waals surface area contributed by atoms with Gasteiger partial charge in [-0.15, -0.1) is 0 Å². The number of carbonyl (C=O) groups is 1. The fraction of sp³-hybridized carbons (Fsp3) is 0.533. The van der Waals surface area contributed by atoms with Gasteiger partial charge in [0, 0.05) is 37.3 Å². The van der Waals surface area contributed by atoms with Crippen molar-refractivity contribution in [1.29, 1.82) is 0 Å². The average Bonchev–Trinajstić information content (AvgIpc) is 2.92. The zero-order valence-electron chi connectivity index (χ0n) is 10.8. The van der Waals surface area contributed by atoms with Crippen LogP contribution in [-0.4, -0.2) is 43.4 Å². The number of rotatable bonds is 3. The van der Waals surface area contributed by atoms with Crippen molar-refractivity contribution in [2.75, 3.05) is 37.6 Å². The molecule has 0 aromatic heterocycles. The highest BCUT2D eigenvalue weighted by Crippen LogP contribution is 2.26. The van der Waals surface area contributed by atoms with Gasteiger partial charge in [-0.2, -0.15) is 0 Å². The fourth-order valence-corrected chi connectivity index (χ4v) is 2.98. The molecule has 0 N–H and O–H groups in total. The second-order valence-electron chi connectivity index (χ2n) is 5.23. The summed E-state index contributed by atoms with van der Waals surface area (Å²) < 4.78 is 0. The van der Waals surface area contributed by atoms with E-state index in [1.54, 1.807) is 0 Å². The van der Waals surface area contributed by atoms with Crippen molar-refractivity contribution in [3.8, 4) is 0 Å². The van der Waals surface area contributed by atoms with Crippen LogP contribution in [0.15, 0.2) is 24.3 Å². The molecule has 1 aromatic carbocycles. The van der Waals surface area contributed by atoms with E-state index in [4.69, 9.17) is 0 Å². The number of nitrogens with zero attached hydrogens (tertiary/aromatic N) is 2. The Balaban J connectivity index is 1.69. The first kappa shape index (κ1) is 11.7. The summed E-state index contributed by atoms with van der Waals surface area (Å²) in [5.41, 5.74) is 2.04. The normalized spacial score (nSPS) is 20.2. The van der Waals surface area contributed by atoms with Crippen LogP contribution in [0.2, 0.25) is 0 Å². The fourth-order valence-electron chi connectivity index (χ4n) is 2.98. The van der Waals surface area contributed by atoms with Gasteiger partial charge in [-0.3, -0.25) is 4.79 Å². The predicted molar refractivity (Wildman–Crippen MR) is 73.3 cm³/mol. The van der Waals surface area contributed by atoms with Gasteiger partial charge in [0.1, 0.15) is 0 Å². The summed E-state index contributed by atoms with van der Waals surface area (Å²) in [7, 11) is 0. The van der Waals surface area contributed by atoms with Gasteiger partial charge in [0.15, 0.2) is 5.78 Å². The molecule has 0 aliphatic carbocycles. The molecule has 3 nitrogen and oxygen atoms in total. The van der Waals surface area contributed by atoms with Crippen LogP contribution in [0.1, 0.15) is 29.6 Å². The quantitative estimate of drug-likeness (QED) is 0.814. The van der Waals surface area contributed by atoms with E-state index in [-0.39, 0.29) is 0 Å². The first-order valence-electron chi connectivity index (χ1n) is 6.94. The molecule has 0 spiro atoms. The Morgan fingerprint density at radius 2 is 1.78 bits per heavy atom. The molecule has 0 atom stereocenters. The van der Waals surface area contributed by atoms with Crippen LogP contribution < -0.4 is 4.90 Å². The molecular formula is C15H20N2O. The van der Waals surface area contributed by atoms with Crippen LogP contribution in [-0.2, 0) is 0 Å². The number of hydrogen-bond acceptors (Lipinski definition) is 3. The Kier molecular flexibility index (Phi) is 3.33. The van der Waals surface area contributed by atoms with Crippen LogP contribution in [0.5, 0.6) is 0 Å². The number of fused-ring (bicyclic) bond motifs is 1. The minimum absolute atomic E-state index is 0.294. The SMILES string of the molecule is O=C1CCN(CCN2CCCC2)c2ccccc21. The molecule has 96 valence electrons. The maximum absolute atomic E-state index is 11.9. The monoisotopic (exact) mass is 244 g/mol. The number of benzene rings is 1. The molecule has 1 fully saturated rings. The molecule has 3 rings (SSSR count). The van der Waals surface area contributed by atoms with Gasteiger partial charge < -0.3 is 9.80 Å². The zero-order chi connectivity index (χ0) is 12.4. The predicted octanol–water partition coefficient (Wildman–Crippen LogP) is 2.18. The second-order valence-corrected chi connectivity index (χ2v) is 5.23. The van der Waals surface area contributed by atoms with Crippen molar-refractivity contribution in [1.82, 2.24) is 4.90 Å². The van der Waals surface area contributed by atoms with E-state index in [2.05, 4.69) is 15.9 Å². The summed E-state index contributed by atoms with van der Waals surface area (Å²) in [6.45, 7) is 5.54. The molecule has 0 unspecified atom stereocenters. The molecule has 2 aliphatic heterocycles. The Morgan fingerprint density at radius 3 is 2.61 bits per heavy atom. The maximum Gasteiger partial charge on any atom is 0.166 e. The lowest BCUT2D eigenvalue weighted by Crippen LogP contribution is -2.38. The molecule has 3 heteroatoms. The van der Waals surface area contributed by atoms with Crippen molar-refractivity contribution in [2.24, 2.45) is 0 Å². The van der Waals surface area contributed by atoms with Crippen molar-refractivity contribution in [3.05, 3.63) is 29.8 Å². The first-order valence-corrected chi connectivity index (χ1v) is 6.94. The summed E-state index contributed by atoms with van der Waals surface area (Å²) >= 11 is 0. The summed E-state index contributed by atoms with van der Waals surface area (Å²) in [5.74, 6) is 0.294. The molecule has 18 heavy (non-hydrogen) atoms. The number of para-hydroxylation sites is 1. The lowest BCUT2D eigenvalue weighted by Gasteiger charge is -2.31. The van der Waals surface area contributed by atoms with Crippen LogP contribution in [0, 0.1) is 0 Å². The first-order chi connectivity index (χ1) is 8.84. The Morgan fingerprint density at radius 1 is 1.00 bits per heavy atom. The third-order valence-corrected chi connectivity index (χ3v) is 4.04. The van der Waals surface area contributed by atoms with Gasteiger partial charge >= 0.3 is 0 Å². The number of ketones is 1. The second kappa shape index (κ2) is 5.11. The van der Waals surface area contributed by atoms with E-state index in [1.807, 2.05) is 18.2 Å². The molecule has 2 aliphatic rings. The summed E-state index contributed by atoms with van der Waals surface area (Å²) in [6.07, 6.45) is 3.35. The number of anilines is 1. The van der Waals surface area contributed by atoms with E-state index in [0.29, 0.717) is 12.2 Å². The van der Waals surface area contributed by atoms with Gasteiger partial charge in [-0.05, 0) is 38.1 Å². The van der Waals surface area contributed by atoms with Crippen molar-refractivity contribution in [3.63, 3.8) is 0 Å². The molecule has 0 radical (unpaired) electrons. The third-order valence-electron chi connectivity index (χ3n) is 4.04. The van der Waals surface area contributed by atoms with E-state index < -0.39 is 0 Å². The lowest BCUT2D eigenvalue weighted by atomic mass is 10.0. The van der Waals surface area contributed by atoms with Gasteiger partial charge in [0.05, 0.1) is 0 Å². The van der Waals surface area contributed by atoms with Crippen LogP contribution in [0.4, 0.5) is 5.69 Å². The average molecular weight is 244 g/mol. The Hall–Kier alpha value is -1.35. The number of Topliss-reactive ketones (excluding diaryl/α,β-unsaturated/α-hetero) is 1. The molecule has 1 aromatic rings. The highest BCUT2D eigenvalue weighted by atomic mass is 16.1. The maximum atomic E-state index is 11.9. The molecule has 1 saturated heterocycles. The number of carbonyl (C=O) groups excluding carboxylic acids is 1. The highest BCUT2D eigenvalue weighted by Gasteiger charge is 2.22. The minimum Gasteiger partial charge on any atom is -0.369 e. The van der Waals surface area contributed by atoms with Crippen LogP contribution in [0.25, 0.3) is 0 Å². The van der Waals surface area contributed by atoms with Crippen LogP contribution in [0.3, 0.4) is 0 Å². The Bertz CT molecular complexity index is 438. The molecule has 0 bridgehead atoms.